The molecule has 3 rings (SSSR count). The van der Waals surface area contributed by atoms with Crippen molar-refractivity contribution < 1.29 is 0 Å². The molecular formula is C17H27N3. The number of nitrogens with one attached hydrogen (secondary N) is 2. The number of rotatable bonds is 3. The summed E-state index contributed by atoms with van der Waals surface area (Å²) in [6.45, 7) is 4.74. The lowest BCUT2D eigenvalue weighted by atomic mass is 10.1. The predicted octanol–water partition coefficient (Wildman–Crippen LogP) is 3.23. The van der Waals surface area contributed by atoms with Crippen LogP contribution in [-0.2, 0) is 0 Å². The molecule has 2 aliphatic rings. The van der Waals surface area contributed by atoms with E-state index in [4.69, 9.17) is 0 Å². The van der Waals surface area contributed by atoms with Gasteiger partial charge in [-0.05, 0) is 63.7 Å². The summed E-state index contributed by atoms with van der Waals surface area (Å²) in [5, 5.41) is 7.30. The zero-order valence-corrected chi connectivity index (χ0v) is 12.4. The van der Waals surface area contributed by atoms with Crippen LogP contribution in [0.5, 0.6) is 0 Å². The van der Waals surface area contributed by atoms with Crippen molar-refractivity contribution in [1.82, 2.24) is 5.32 Å². The molecule has 2 N–H and O–H groups in total. The number of hydrogen-bond donors (Lipinski definition) is 2. The van der Waals surface area contributed by atoms with Crippen molar-refractivity contribution in [2.45, 2.75) is 44.6 Å². The molecule has 0 bridgehead atoms. The molecule has 1 aromatic carbocycles. The van der Waals surface area contributed by atoms with E-state index >= 15 is 0 Å². The van der Waals surface area contributed by atoms with E-state index in [-0.39, 0.29) is 0 Å². The van der Waals surface area contributed by atoms with Crippen LogP contribution < -0.4 is 15.5 Å². The second-order valence-electron chi connectivity index (χ2n) is 6.09. The van der Waals surface area contributed by atoms with Crippen molar-refractivity contribution in [2.75, 3.05) is 36.4 Å². The normalized spacial score (nSPS) is 24.2. The Balaban J connectivity index is 1.71. The molecule has 1 aromatic rings. The van der Waals surface area contributed by atoms with Crippen LogP contribution in [0.2, 0.25) is 0 Å². The Morgan fingerprint density at radius 2 is 1.80 bits per heavy atom. The summed E-state index contributed by atoms with van der Waals surface area (Å²) in [5.74, 6) is 0. The fourth-order valence-electron chi connectivity index (χ4n) is 3.39. The minimum absolute atomic E-state index is 0.621. The van der Waals surface area contributed by atoms with E-state index in [1.807, 2.05) is 0 Å². The minimum atomic E-state index is 0.621. The van der Waals surface area contributed by atoms with Gasteiger partial charge in [0.15, 0.2) is 0 Å². The lowest BCUT2D eigenvalue weighted by Crippen LogP contribution is -2.31. The maximum atomic E-state index is 3.81. The van der Waals surface area contributed by atoms with Crippen LogP contribution in [0.1, 0.15) is 38.5 Å². The lowest BCUT2D eigenvalue weighted by Gasteiger charge is -2.31. The van der Waals surface area contributed by atoms with Gasteiger partial charge in [0, 0.05) is 19.1 Å². The maximum absolute atomic E-state index is 3.81. The topological polar surface area (TPSA) is 27.3 Å². The van der Waals surface area contributed by atoms with Crippen molar-refractivity contribution in [3.05, 3.63) is 24.3 Å². The SMILES string of the molecule is c1ccc(N2CCCCC2)c(NC2CCCNCC2)c1. The molecule has 2 heterocycles. The molecule has 20 heavy (non-hydrogen) atoms. The molecule has 0 aromatic heterocycles. The van der Waals surface area contributed by atoms with Crippen LogP contribution in [0.15, 0.2) is 24.3 Å². The van der Waals surface area contributed by atoms with Gasteiger partial charge in [-0.3, -0.25) is 0 Å². The molecule has 0 spiro atoms. The van der Waals surface area contributed by atoms with E-state index in [0.717, 1.165) is 6.54 Å². The minimum Gasteiger partial charge on any atom is -0.381 e. The van der Waals surface area contributed by atoms with Crippen molar-refractivity contribution in [3.63, 3.8) is 0 Å². The third-order valence-electron chi connectivity index (χ3n) is 4.54. The summed E-state index contributed by atoms with van der Waals surface area (Å²) in [6.07, 6.45) is 7.85. The second kappa shape index (κ2) is 6.98. The highest BCUT2D eigenvalue weighted by Crippen LogP contribution is 2.29. The Bertz CT molecular complexity index is 404. The Morgan fingerprint density at radius 3 is 2.70 bits per heavy atom. The third kappa shape index (κ3) is 3.45. The zero-order valence-electron chi connectivity index (χ0n) is 12.4. The highest BCUT2D eigenvalue weighted by molar-refractivity contribution is 5.70. The summed E-state index contributed by atoms with van der Waals surface area (Å²) < 4.78 is 0. The molecule has 1 atom stereocenters. The molecule has 3 heteroatoms. The average molecular weight is 273 g/mol. The van der Waals surface area contributed by atoms with Gasteiger partial charge in [-0.15, -0.1) is 0 Å². The first-order valence-corrected chi connectivity index (χ1v) is 8.25. The molecule has 0 aliphatic carbocycles. The summed E-state index contributed by atoms with van der Waals surface area (Å²) >= 11 is 0. The monoisotopic (exact) mass is 273 g/mol. The van der Waals surface area contributed by atoms with E-state index in [0.29, 0.717) is 6.04 Å². The van der Waals surface area contributed by atoms with Crippen molar-refractivity contribution >= 4 is 11.4 Å². The van der Waals surface area contributed by atoms with Crippen LogP contribution in [-0.4, -0.2) is 32.2 Å². The summed E-state index contributed by atoms with van der Waals surface area (Å²) in [4.78, 5) is 2.56. The van der Waals surface area contributed by atoms with Gasteiger partial charge in [-0.1, -0.05) is 12.1 Å². The zero-order chi connectivity index (χ0) is 13.6. The van der Waals surface area contributed by atoms with E-state index in [2.05, 4.69) is 39.8 Å². The van der Waals surface area contributed by atoms with E-state index in [9.17, 15) is 0 Å². The van der Waals surface area contributed by atoms with Crippen LogP contribution in [0.25, 0.3) is 0 Å². The fraction of sp³-hybridized carbons (Fsp3) is 0.647. The largest absolute Gasteiger partial charge is 0.381 e. The van der Waals surface area contributed by atoms with Crippen molar-refractivity contribution in [3.8, 4) is 0 Å². The first-order valence-electron chi connectivity index (χ1n) is 8.25. The molecule has 110 valence electrons. The van der Waals surface area contributed by atoms with Crippen molar-refractivity contribution in [1.29, 1.82) is 0 Å². The van der Waals surface area contributed by atoms with Gasteiger partial charge >= 0.3 is 0 Å². The molecular weight excluding hydrogens is 246 g/mol. The molecule has 1 unspecified atom stereocenters. The highest BCUT2D eigenvalue weighted by atomic mass is 15.2. The number of para-hydroxylation sites is 2. The Morgan fingerprint density at radius 1 is 0.950 bits per heavy atom. The van der Waals surface area contributed by atoms with E-state index in [1.165, 1.54) is 69.5 Å². The van der Waals surface area contributed by atoms with Crippen LogP contribution >= 0.6 is 0 Å². The first kappa shape index (κ1) is 13.7. The highest BCUT2D eigenvalue weighted by Gasteiger charge is 2.17. The summed E-state index contributed by atoms with van der Waals surface area (Å²) in [6, 6.07) is 9.48. The predicted molar refractivity (Wildman–Crippen MR) is 86.6 cm³/mol. The molecule has 2 saturated heterocycles. The van der Waals surface area contributed by atoms with Crippen LogP contribution in [0.3, 0.4) is 0 Å². The average Bonchev–Trinajstić information content (AvgIpc) is 2.77. The molecule has 0 saturated carbocycles. The number of hydrogen-bond acceptors (Lipinski definition) is 3. The summed E-state index contributed by atoms with van der Waals surface area (Å²) in [5.41, 5.74) is 2.74. The van der Waals surface area contributed by atoms with Gasteiger partial charge in [-0.2, -0.15) is 0 Å². The molecule has 2 aliphatic heterocycles. The van der Waals surface area contributed by atoms with Gasteiger partial charge in [0.25, 0.3) is 0 Å². The number of nitrogens with zero attached hydrogens (tertiary/aromatic N) is 1. The Kier molecular flexibility index (Phi) is 4.80. The molecule has 0 radical (unpaired) electrons. The first-order chi connectivity index (χ1) is 9.93. The molecule has 2 fully saturated rings. The standard InChI is InChI=1S/C17H27N3/c1-4-13-20(14-5-1)17-9-3-2-8-16(17)19-15-7-6-11-18-12-10-15/h2-3,8-9,15,18-19H,1,4-7,10-14H2. The van der Waals surface area contributed by atoms with E-state index < -0.39 is 0 Å². The van der Waals surface area contributed by atoms with Crippen LogP contribution in [0.4, 0.5) is 11.4 Å². The third-order valence-corrected chi connectivity index (χ3v) is 4.54. The molecule has 3 nitrogen and oxygen atoms in total. The number of anilines is 2. The van der Waals surface area contributed by atoms with Gasteiger partial charge < -0.3 is 15.5 Å². The fourth-order valence-corrected chi connectivity index (χ4v) is 3.39. The molecule has 0 amide bonds. The van der Waals surface area contributed by atoms with Gasteiger partial charge in [0.2, 0.25) is 0 Å². The second-order valence-corrected chi connectivity index (χ2v) is 6.09. The van der Waals surface area contributed by atoms with Crippen molar-refractivity contribution in [2.24, 2.45) is 0 Å². The summed E-state index contributed by atoms with van der Waals surface area (Å²) in [7, 11) is 0. The van der Waals surface area contributed by atoms with Gasteiger partial charge in [0.05, 0.1) is 11.4 Å². The Hall–Kier alpha value is -1.22. The van der Waals surface area contributed by atoms with Gasteiger partial charge in [0.1, 0.15) is 0 Å². The maximum Gasteiger partial charge on any atom is 0.0602 e. The van der Waals surface area contributed by atoms with Gasteiger partial charge in [-0.25, -0.2) is 0 Å². The van der Waals surface area contributed by atoms with E-state index in [1.54, 1.807) is 0 Å². The van der Waals surface area contributed by atoms with Crippen LogP contribution in [0, 0.1) is 0 Å². The Labute approximate surface area is 122 Å². The number of benzene rings is 1. The number of piperidine rings is 1. The smallest absolute Gasteiger partial charge is 0.0602 e. The lowest BCUT2D eigenvalue weighted by molar-refractivity contribution is 0.577. The quantitative estimate of drug-likeness (QED) is 0.885.